The maximum absolute atomic E-state index is 13.3. The monoisotopic (exact) mass is 385 g/mol. The molecule has 2 saturated heterocycles. The number of aliphatic hydroxyl groups excluding tert-OH is 1. The molecule has 2 heterocycles. The third-order valence-electron chi connectivity index (χ3n) is 6.69. The highest BCUT2D eigenvalue weighted by molar-refractivity contribution is 5.84. The molecule has 2 atom stereocenters. The third kappa shape index (κ3) is 2.98. The van der Waals surface area contributed by atoms with E-state index in [9.17, 15) is 14.7 Å². The van der Waals surface area contributed by atoms with Crippen molar-refractivity contribution in [3.05, 3.63) is 35.9 Å². The lowest BCUT2D eigenvalue weighted by Gasteiger charge is -2.70. The number of urea groups is 1. The van der Waals surface area contributed by atoms with Crippen molar-refractivity contribution in [2.75, 3.05) is 19.7 Å². The average Bonchev–Trinajstić information content (AvgIpc) is 3.15. The Kier molecular flexibility index (Phi) is 5.08. The quantitative estimate of drug-likeness (QED) is 0.836. The Hall–Kier alpha value is -2.08. The van der Waals surface area contributed by atoms with Crippen LogP contribution in [-0.4, -0.2) is 64.2 Å². The van der Waals surface area contributed by atoms with Crippen LogP contribution in [0, 0.1) is 5.92 Å². The largest absolute Gasteiger partial charge is 0.394 e. The Bertz CT molecular complexity index is 724. The van der Waals surface area contributed by atoms with Crippen molar-refractivity contribution < 1.29 is 14.7 Å². The second-order valence-corrected chi connectivity index (χ2v) is 8.89. The molecule has 3 aliphatic rings. The lowest BCUT2D eigenvalue weighted by Crippen LogP contribution is -2.86. The molecule has 1 spiro atoms. The first-order valence-electron chi connectivity index (χ1n) is 10.5. The number of nitrogens with one attached hydrogen (secondary N) is 1. The summed E-state index contributed by atoms with van der Waals surface area (Å²) >= 11 is 0. The summed E-state index contributed by atoms with van der Waals surface area (Å²) in [5.41, 5.74) is 0.754. The summed E-state index contributed by atoms with van der Waals surface area (Å²) in [6.07, 6.45) is 4.09. The zero-order valence-corrected chi connectivity index (χ0v) is 16.8. The standard InChI is InChI=1S/C22H31N3O3/c1-15(2)23-21(28)24-13-22(14-24)19(16-8-4-3-5-9-16)18(12-26)25(22)20(27)17-10-6-7-11-17/h3-5,8-9,15,17-19,26H,6-7,10-14H2,1-2H3,(H,23,28)/t18-,19-/m1/s1. The van der Waals surface area contributed by atoms with E-state index in [0.29, 0.717) is 13.1 Å². The van der Waals surface area contributed by atoms with Gasteiger partial charge in [0.15, 0.2) is 0 Å². The van der Waals surface area contributed by atoms with E-state index < -0.39 is 0 Å². The second kappa shape index (κ2) is 7.39. The molecule has 152 valence electrons. The van der Waals surface area contributed by atoms with Crippen LogP contribution in [0.2, 0.25) is 0 Å². The number of carbonyl (C=O) groups excluding carboxylic acids is 2. The lowest BCUT2D eigenvalue weighted by molar-refractivity contribution is -0.196. The molecule has 3 fully saturated rings. The van der Waals surface area contributed by atoms with E-state index in [1.54, 1.807) is 4.90 Å². The molecule has 2 N–H and O–H groups in total. The molecule has 6 heteroatoms. The summed E-state index contributed by atoms with van der Waals surface area (Å²) in [5.74, 6) is 0.306. The highest BCUT2D eigenvalue weighted by atomic mass is 16.3. The summed E-state index contributed by atoms with van der Waals surface area (Å²) in [4.78, 5) is 29.5. The molecule has 0 unspecified atom stereocenters. The normalized spacial score (nSPS) is 26.3. The molecule has 1 saturated carbocycles. The van der Waals surface area contributed by atoms with Crippen LogP contribution in [0.15, 0.2) is 30.3 Å². The zero-order chi connectivity index (χ0) is 19.9. The number of carbonyl (C=O) groups is 2. The molecule has 0 radical (unpaired) electrons. The molecule has 1 aliphatic carbocycles. The van der Waals surface area contributed by atoms with E-state index in [1.165, 1.54) is 0 Å². The Labute approximate surface area is 166 Å². The van der Waals surface area contributed by atoms with Crippen LogP contribution in [-0.2, 0) is 4.79 Å². The van der Waals surface area contributed by atoms with Crippen LogP contribution in [0.1, 0.15) is 51.0 Å². The number of likely N-dealkylation sites (tertiary alicyclic amines) is 2. The van der Waals surface area contributed by atoms with Crippen LogP contribution in [0.5, 0.6) is 0 Å². The second-order valence-electron chi connectivity index (χ2n) is 8.89. The molecule has 1 aromatic rings. The molecule has 3 amide bonds. The van der Waals surface area contributed by atoms with Crippen LogP contribution in [0.4, 0.5) is 4.79 Å². The molecule has 4 rings (SSSR count). The lowest BCUT2D eigenvalue weighted by atomic mass is 9.60. The highest BCUT2D eigenvalue weighted by Crippen LogP contribution is 2.54. The van der Waals surface area contributed by atoms with E-state index >= 15 is 0 Å². The summed E-state index contributed by atoms with van der Waals surface area (Å²) in [5, 5.41) is 13.1. The number of hydrogen-bond donors (Lipinski definition) is 2. The van der Waals surface area contributed by atoms with E-state index in [2.05, 4.69) is 17.4 Å². The Balaban J connectivity index is 1.60. The van der Waals surface area contributed by atoms with Crippen molar-refractivity contribution in [2.45, 2.75) is 63.1 Å². The fraction of sp³-hybridized carbons (Fsp3) is 0.636. The number of rotatable bonds is 4. The van der Waals surface area contributed by atoms with Gasteiger partial charge in [0.05, 0.1) is 18.2 Å². The van der Waals surface area contributed by atoms with Crippen molar-refractivity contribution >= 4 is 11.9 Å². The molecule has 1 aromatic carbocycles. The fourth-order valence-corrected chi connectivity index (χ4v) is 5.48. The fourth-order valence-electron chi connectivity index (χ4n) is 5.48. The van der Waals surface area contributed by atoms with Crippen molar-refractivity contribution in [3.63, 3.8) is 0 Å². The molecule has 0 aromatic heterocycles. The van der Waals surface area contributed by atoms with Gasteiger partial charge in [0, 0.05) is 31.0 Å². The number of benzene rings is 1. The number of amides is 3. The third-order valence-corrected chi connectivity index (χ3v) is 6.69. The molecule has 28 heavy (non-hydrogen) atoms. The van der Waals surface area contributed by atoms with E-state index in [0.717, 1.165) is 31.2 Å². The van der Waals surface area contributed by atoms with Gasteiger partial charge in [-0.25, -0.2) is 4.79 Å². The molecule has 0 bridgehead atoms. The van der Waals surface area contributed by atoms with E-state index in [4.69, 9.17) is 0 Å². The first-order chi connectivity index (χ1) is 13.5. The van der Waals surface area contributed by atoms with Gasteiger partial charge in [-0.3, -0.25) is 4.79 Å². The number of hydrogen-bond acceptors (Lipinski definition) is 3. The number of nitrogens with zero attached hydrogens (tertiary/aromatic N) is 2. The molecular formula is C22H31N3O3. The first kappa shape index (κ1) is 19.2. The first-order valence-corrected chi connectivity index (χ1v) is 10.5. The minimum atomic E-state index is -0.386. The minimum Gasteiger partial charge on any atom is -0.394 e. The molecule has 6 nitrogen and oxygen atoms in total. The average molecular weight is 386 g/mol. The summed E-state index contributed by atoms with van der Waals surface area (Å²) < 4.78 is 0. The Morgan fingerprint density at radius 3 is 2.39 bits per heavy atom. The van der Waals surface area contributed by atoms with Gasteiger partial charge in [0.1, 0.15) is 0 Å². The summed E-state index contributed by atoms with van der Waals surface area (Å²) in [6.45, 7) is 4.90. The summed E-state index contributed by atoms with van der Waals surface area (Å²) in [6, 6.07) is 9.93. The van der Waals surface area contributed by atoms with Crippen molar-refractivity contribution in [1.29, 1.82) is 0 Å². The van der Waals surface area contributed by atoms with Gasteiger partial charge in [-0.05, 0) is 32.3 Å². The van der Waals surface area contributed by atoms with Crippen molar-refractivity contribution in [1.82, 2.24) is 15.1 Å². The number of aliphatic hydroxyl groups is 1. The molecule has 2 aliphatic heterocycles. The van der Waals surface area contributed by atoms with Gasteiger partial charge < -0.3 is 20.2 Å². The predicted octanol–water partition coefficient (Wildman–Crippen LogP) is 2.34. The van der Waals surface area contributed by atoms with Gasteiger partial charge in [-0.2, -0.15) is 0 Å². The van der Waals surface area contributed by atoms with E-state index in [-0.39, 0.29) is 48.0 Å². The van der Waals surface area contributed by atoms with Gasteiger partial charge in [0.2, 0.25) is 5.91 Å². The highest BCUT2D eigenvalue weighted by Gasteiger charge is 2.68. The van der Waals surface area contributed by atoms with Crippen molar-refractivity contribution in [3.8, 4) is 0 Å². The Morgan fingerprint density at radius 2 is 1.82 bits per heavy atom. The van der Waals surface area contributed by atoms with Crippen LogP contribution >= 0.6 is 0 Å². The SMILES string of the molecule is CC(C)NC(=O)N1CC2(C1)[C@H](c1ccccc1)[C@@H](CO)N2C(=O)C1CCCC1. The predicted molar refractivity (Wildman–Crippen MR) is 107 cm³/mol. The van der Waals surface area contributed by atoms with Crippen LogP contribution < -0.4 is 5.32 Å². The Morgan fingerprint density at radius 1 is 1.18 bits per heavy atom. The van der Waals surface area contributed by atoms with E-state index in [1.807, 2.05) is 36.9 Å². The summed E-state index contributed by atoms with van der Waals surface area (Å²) in [7, 11) is 0. The smallest absolute Gasteiger partial charge is 0.317 e. The van der Waals surface area contributed by atoms with Gasteiger partial charge in [-0.1, -0.05) is 43.2 Å². The van der Waals surface area contributed by atoms with Crippen molar-refractivity contribution in [2.24, 2.45) is 5.92 Å². The maximum Gasteiger partial charge on any atom is 0.317 e. The molecular weight excluding hydrogens is 354 g/mol. The maximum atomic E-state index is 13.3. The van der Waals surface area contributed by atoms with Gasteiger partial charge >= 0.3 is 6.03 Å². The van der Waals surface area contributed by atoms with Crippen LogP contribution in [0.25, 0.3) is 0 Å². The zero-order valence-electron chi connectivity index (χ0n) is 16.8. The minimum absolute atomic E-state index is 0.0437. The van der Waals surface area contributed by atoms with Gasteiger partial charge in [0.25, 0.3) is 0 Å². The topological polar surface area (TPSA) is 72.9 Å². The van der Waals surface area contributed by atoms with Gasteiger partial charge in [-0.15, -0.1) is 0 Å². The van der Waals surface area contributed by atoms with Crippen LogP contribution in [0.3, 0.4) is 0 Å².